The highest BCUT2D eigenvalue weighted by atomic mass is 16.6. The summed E-state index contributed by atoms with van der Waals surface area (Å²) in [5, 5.41) is 11.1. The SMILES string of the molecule is CCCCCCCC(=O)OCCCCCOC(=O)CC(CC(O)OCCCCCOC(=O)CCCCCCC)(OC(=O)CCN(C)CCN)C(=O)OCCCCCOC(=O)CCCCCCC. The van der Waals surface area contributed by atoms with E-state index in [2.05, 4.69) is 20.8 Å². The zero-order valence-electron chi connectivity index (χ0n) is 42.4. The normalized spacial score (nSPS) is 12.6. The average molecular weight is 959 g/mol. The number of unbranched alkanes of at least 4 members (excludes halogenated alkanes) is 18. The standard InChI is InChI=1S/C51H94N2O14/c1-5-8-11-14-20-29-44(54)61-36-23-17-26-39-64-48(58)42-51(67-47(57)32-34-53(4)35-33-52,50(60)66-41-28-19-25-38-63-46(56)31-22-16-13-10-7-3)43-49(59)65-40-27-18-24-37-62-45(55)30-21-15-12-9-6-2/h48,58H,5-43,52H2,1-4H3. The fourth-order valence-electron chi connectivity index (χ4n) is 7.09. The minimum Gasteiger partial charge on any atom is -0.466 e. The van der Waals surface area contributed by atoms with Crippen molar-refractivity contribution in [3.05, 3.63) is 0 Å². The summed E-state index contributed by atoms with van der Waals surface area (Å²) in [5.41, 5.74) is 3.39. The van der Waals surface area contributed by atoms with Gasteiger partial charge in [-0.05, 0) is 84.1 Å². The van der Waals surface area contributed by atoms with Gasteiger partial charge in [-0.1, -0.05) is 97.8 Å². The summed E-state index contributed by atoms with van der Waals surface area (Å²) in [6, 6.07) is 0. The lowest BCUT2D eigenvalue weighted by atomic mass is 9.94. The van der Waals surface area contributed by atoms with Crippen LogP contribution in [-0.4, -0.2) is 124 Å². The van der Waals surface area contributed by atoms with Crippen molar-refractivity contribution in [2.75, 3.05) is 66.3 Å². The summed E-state index contributed by atoms with van der Waals surface area (Å²) in [4.78, 5) is 78.9. The summed E-state index contributed by atoms with van der Waals surface area (Å²) < 4.78 is 38.7. The van der Waals surface area contributed by atoms with Gasteiger partial charge in [0.25, 0.3) is 0 Å². The van der Waals surface area contributed by atoms with Gasteiger partial charge in [-0.25, -0.2) is 4.79 Å². The minimum atomic E-state index is -2.28. The van der Waals surface area contributed by atoms with Gasteiger partial charge >= 0.3 is 35.8 Å². The predicted molar refractivity (Wildman–Crippen MR) is 258 cm³/mol. The van der Waals surface area contributed by atoms with E-state index in [9.17, 15) is 33.9 Å². The molecule has 0 rings (SSSR count). The molecule has 0 aromatic heterocycles. The molecule has 16 heteroatoms. The maximum atomic E-state index is 14.0. The highest BCUT2D eigenvalue weighted by Gasteiger charge is 2.48. The molecule has 0 bridgehead atoms. The number of carbonyl (C=O) groups is 6. The van der Waals surface area contributed by atoms with E-state index >= 15 is 0 Å². The number of likely N-dealkylation sites (N-methyl/N-ethyl adjacent to an activating group) is 1. The fraction of sp³-hybridized carbons (Fsp3) is 0.882. The van der Waals surface area contributed by atoms with Crippen molar-refractivity contribution in [1.29, 1.82) is 0 Å². The number of rotatable bonds is 48. The topological polar surface area (TPSA) is 217 Å². The quantitative estimate of drug-likeness (QED) is 0.0252. The highest BCUT2D eigenvalue weighted by Crippen LogP contribution is 2.28. The molecule has 2 unspecified atom stereocenters. The molecule has 0 amide bonds. The minimum absolute atomic E-state index is 0.00389. The molecular formula is C51H94N2O14. The van der Waals surface area contributed by atoms with Crippen LogP contribution in [0.25, 0.3) is 0 Å². The Hall–Kier alpha value is -3.34. The van der Waals surface area contributed by atoms with E-state index < -0.39 is 42.6 Å². The molecule has 0 aliphatic rings. The summed E-state index contributed by atoms with van der Waals surface area (Å²) in [6.07, 6.45) is 18.7. The molecule has 0 aliphatic heterocycles. The van der Waals surface area contributed by atoms with Crippen LogP contribution in [0.15, 0.2) is 0 Å². The van der Waals surface area contributed by atoms with E-state index in [1.807, 2.05) is 4.90 Å². The Labute approximate surface area is 404 Å². The number of ether oxygens (including phenoxy) is 7. The second-order valence-electron chi connectivity index (χ2n) is 17.7. The number of nitrogens with two attached hydrogens (primary N) is 1. The third-order valence-corrected chi connectivity index (χ3v) is 11.2. The lowest BCUT2D eigenvalue weighted by Crippen LogP contribution is -2.49. The zero-order valence-corrected chi connectivity index (χ0v) is 42.4. The Kier molecular flexibility index (Phi) is 42.9. The Morgan fingerprint density at radius 3 is 1.25 bits per heavy atom. The first-order chi connectivity index (χ1) is 32.4. The van der Waals surface area contributed by atoms with E-state index in [1.54, 1.807) is 7.05 Å². The van der Waals surface area contributed by atoms with Crippen LogP contribution in [0.3, 0.4) is 0 Å². The van der Waals surface area contributed by atoms with Crippen LogP contribution in [0.5, 0.6) is 0 Å². The van der Waals surface area contributed by atoms with Gasteiger partial charge in [0.05, 0.1) is 45.9 Å². The summed E-state index contributed by atoms with van der Waals surface area (Å²) in [6.45, 7) is 8.36. The molecule has 0 aliphatic carbocycles. The number of hydrogen-bond acceptors (Lipinski definition) is 16. The first-order valence-electron chi connectivity index (χ1n) is 26.1. The Balaban J connectivity index is 5.54. The second-order valence-corrected chi connectivity index (χ2v) is 17.7. The van der Waals surface area contributed by atoms with Gasteiger partial charge in [0.1, 0.15) is 0 Å². The van der Waals surface area contributed by atoms with Gasteiger partial charge in [-0.2, -0.15) is 0 Å². The molecule has 3 N–H and O–H groups in total. The van der Waals surface area contributed by atoms with Gasteiger partial charge in [0, 0.05) is 51.9 Å². The van der Waals surface area contributed by atoms with E-state index in [1.165, 1.54) is 0 Å². The largest absolute Gasteiger partial charge is 0.466 e. The average Bonchev–Trinajstić information content (AvgIpc) is 3.29. The molecule has 0 aromatic carbocycles. The van der Waals surface area contributed by atoms with Crippen LogP contribution in [0, 0.1) is 0 Å². The molecule has 2 atom stereocenters. The second kappa shape index (κ2) is 45.1. The fourth-order valence-corrected chi connectivity index (χ4v) is 7.09. The van der Waals surface area contributed by atoms with Crippen molar-refractivity contribution in [1.82, 2.24) is 4.90 Å². The molecule has 67 heavy (non-hydrogen) atoms. The first kappa shape index (κ1) is 63.7. The maximum absolute atomic E-state index is 14.0. The molecule has 392 valence electrons. The number of nitrogens with zero attached hydrogens (tertiary/aromatic N) is 1. The van der Waals surface area contributed by atoms with Crippen molar-refractivity contribution in [3.63, 3.8) is 0 Å². The third kappa shape index (κ3) is 39.2. The molecule has 0 aromatic rings. The maximum Gasteiger partial charge on any atom is 0.351 e. The summed E-state index contributed by atoms with van der Waals surface area (Å²) >= 11 is 0. The van der Waals surface area contributed by atoms with Crippen LogP contribution in [0.2, 0.25) is 0 Å². The van der Waals surface area contributed by atoms with Crippen LogP contribution in [0.1, 0.15) is 213 Å². The van der Waals surface area contributed by atoms with Gasteiger partial charge < -0.3 is 48.9 Å². The predicted octanol–water partition coefficient (Wildman–Crippen LogP) is 8.97. The number of aliphatic hydroxyl groups excluding tert-OH is 1. The molecule has 0 radical (unpaired) electrons. The van der Waals surface area contributed by atoms with Gasteiger partial charge in [-0.15, -0.1) is 0 Å². The number of carbonyl (C=O) groups excluding carboxylic acids is 6. The van der Waals surface area contributed by atoms with Crippen LogP contribution in [0.4, 0.5) is 0 Å². The Morgan fingerprint density at radius 1 is 0.463 bits per heavy atom. The Bertz CT molecular complexity index is 1270. The van der Waals surface area contributed by atoms with Gasteiger partial charge in [0.2, 0.25) is 5.60 Å². The molecule has 16 nitrogen and oxygen atoms in total. The van der Waals surface area contributed by atoms with Crippen LogP contribution in [-0.2, 0) is 61.9 Å². The molecular weight excluding hydrogens is 865 g/mol. The molecule has 0 saturated heterocycles. The van der Waals surface area contributed by atoms with E-state index in [-0.39, 0.29) is 70.5 Å². The smallest absolute Gasteiger partial charge is 0.351 e. The van der Waals surface area contributed by atoms with Crippen molar-refractivity contribution in [3.8, 4) is 0 Å². The van der Waals surface area contributed by atoms with Crippen molar-refractivity contribution >= 4 is 35.8 Å². The van der Waals surface area contributed by atoms with Crippen LogP contribution >= 0.6 is 0 Å². The number of aliphatic hydroxyl groups is 1. The van der Waals surface area contributed by atoms with E-state index in [0.29, 0.717) is 90.1 Å². The Morgan fingerprint density at radius 2 is 0.836 bits per heavy atom. The van der Waals surface area contributed by atoms with Crippen molar-refractivity contribution in [2.24, 2.45) is 5.73 Å². The zero-order chi connectivity index (χ0) is 49.6. The molecule has 0 heterocycles. The van der Waals surface area contributed by atoms with Crippen molar-refractivity contribution < 1.29 is 67.0 Å². The summed E-state index contributed by atoms with van der Waals surface area (Å²) in [5.74, 6) is -3.32. The lowest BCUT2D eigenvalue weighted by Gasteiger charge is -2.32. The van der Waals surface area contributed by atoms with Crippen LogP contribution < -0.4 is 5.73 Å². The number of hydrogen-bond donors (Lipinski definition) is 2. The lowest BCUT2D eigenvalue weighted by molar-refractivity contribution is -0.202. The summed E-state index contributed by atoms with van der Waals surface area (Å²) in [7, 11) is 1.78. The molecule has 0 spiro atoms. The van der Waals surface area contributed by atoms with Gasteiger partial charge in [0.15, 0.2) is 6.29 Å². The molecule has 0 fully saturated rings. The van der Waals surface area contributed by atoms with Crippen molar-refractivity contribution in [2.45, 2.75) is 225 Å². The van der Waals surface area contributed by atoms with E-state index in [0.717, 1.165) is 96.3 Å². The first-order valence-corrected chi connectivity index (χ1v) is 26.1. The van der Waals surface area contributed by atoms with Gasteiger partial charge in [-0.3, -0.25) is 24.0 Å². The highest BCUT2D eigenvalue weighted by molar-refractivity contribution is 5.88. The third-order valence-electron chi connectivity index (χ3n) is 11.2. The molecule has 0 saturated carbocycles. The number of esters is 6. The van der Waals surface area contributed by atoms with E-state index in [4.69, 9.17) is 38.9 Å². The monoisotopic (exact) mass is 959 g/mol.